The van der Waals surface area contributed by atoms with E-state index in [1.165, 1.54) is 29.3 Å². The summed E-state index contributed by atoms with van der Waals surface area (Å²) in [5.41, 5.74) is 1.03. The fraction of sp³-hybridized carbons (Fsp3) is 0.235. The number of nitrogens with one attached hydrogen (secondary N) is 1. The van der Waals surface area contributed by atoms with Crippen LogP contribution in [0.15, 0.2) is 41.1 Å². The van der Waals surface area contributed by atoms with Crippen molar-refractivity contribution in [3.8, 4) is 5.75 Å². The third kappa shape index (κ3) is 4.33. The van der Waals surface area contributed by atoms with Gasteiger partial charge in [-0.15, -0.1) is 0 Å². The van der Waals surface area contributed by atoms with Gasteiger partial charge in [-0.25, -0.2) is 4.39 Å². The normalized spacial score (nSPS) is 13.7. The van der Waals surface area contributed by atoms with Crippen LogP contribution in [0.4, 0.5) is 4.39 Å². The van der Waals surface area contributed by atoms with Crippen molar-refractivity contribution in [3.05, 3.63) is 58.1 Å². The minimum Gasteiger partial charge on any atom is -0.483 e. The number of nitrogens with zero attached hydrogens (tertiary/aromatic N) is 2. The first-order chi connectivity index (χ1) is 12.0. The predicted octanol–water partition coefficient (Wildman–Crippen LogP) is 2.13. The van der Waals surface area contributed by atoms with Gasteiger partial charge in [0.2, 0.25) is 0 Å². The van der Waals surface area contributed by atoms with Crippen molar-refractivity contribution in [1.82, 2.24) is 15.2 Å². The van der Waals surface area contributed by atoms with Crippen LogP contribution in [0.2, 0.25) is 0 Å². The molecule has 0 radical (unpaired) electrons. The van der Waals surface area contributed by atoms with Gasteiger partial charge in [0.25, 0.3) is 11.8 Å². The van der Waals surface area contributed by atoms with E-state index in [1.54, 1.807) is 12.3 Å². The van der Waals surface area contributed by atoms with Gasteiger partial charge in [-0.1, -0.05) is 0 Å². The van der Waals surface area contributed by atoms with E-state index in [0.29, 0.717) is 27.9 Å². The summed E-state index contributed by atoms with van der Waals surface area (Å²) in [5, 5.41) is 2.74. The molecule has 0 fully saturated rings. The maximum absolute atomic E-state index is 13.4. The lowest BCUT2D eigenvalue weighted by atomic mass is 10.2. The number of hydrogen-bond donors (Lipinski definition) is 1. The minimum absolute atomic E-state index is 0.109. The molecule has 0 aliphatic carbocycles. The smallest absolute Gasteiger partial charge is 0.260 e. The maximum atomic E-state index is 13.4. The van der Waals surface area contributed by atoms with Gasteiger partial charge >= 0.3 is 0 Å². The van der Waals surface area contributed by atoms with E-state index < -0.39 is 0 Å². The Morgan fingerprint density at radius 1 is 1.36 bits per heavy atom. The summed E-state index contributed by atoms with van der Waals surface area (Å²) < 4.78 is 19.5. The summed E-state index contributed by atoms with van der Waals surface area (Å²) in [6.45, 7) is 0.690. The van der Waals surface area contributed by atoms with E-state index in [2.05, 4.69) is 26.2 Å². The molecule has 3 rings (SSSR count). The Hall–Kier alpha value is -2.48. The molecule has 1 N–H and O–H groups in total. The van der Waals surface area contributed by atoms with E-state index in [4.69, 9.17) is 4.74 Å². The van der Waals surface area contributed by atoms with Crippen molar-refractivity contribution in [2.24, 2.45) is 0 Å². The summed E-state index contributed by atoms with van der Waals surface area (Å²) in [4.78, 5) is 29.7. The molecular formula is C17H15BrFN3O3. The van der Waals surface area contributed by atoms with Crippen LogP contribution in [0, 0.1) is 5.82 Å². The van der Waals surface area contributed by atoms with Crippen LogP contribution in [0.1, 0.15) is 15.9 Å². The van der Waals surface area contributed by atoms with E-state index in [-0.39, 0.29) is 37.3 Å². The van der Waals surface area contributed by atoms with E-state index in [9.17, 15) is 14.0 Å². The molecule has 0 saturated heterocycles. The third-order valence-electron chi connectivity index (χ3n) is 3.72. The lowest BCUT2D eigenvalue weighted by Crippen LogP contribution is -2.39. The highest BCUT2D eigenvalue weighted by Gasteiger charge is 2.21. The summed E-state index contributed by atoms with van der Waals surface area (Å²) in [6, 6.07) is 5.83. The molecule has 1 aliphatic rings. The maximum Gasteiger partial charge on any atom is 0.260 e. The first-order valence-corrected chi connectivity index (χ1v) is 8.40. The second-order valence-corrected chi connectivity index (χ2v) is 6.42. The number of carbonyl (C=O) groups is 2. The fourth-order valence-corrected chi connectivity index (χ4v) is 2.85. The molecule has 25 heavy (non-hydrogen) atoms. The summed E-state index contributed by atoms with van der Waals surface area (Å²) in [7, 11) is 0. The highest BCUT2D eigenvalue weighted by molar-refractivity contribution is 9.10. The Balaban J connectivity index is 1.60. The van der Waals surface area contributed by atoms with E-state index in [1.807, 2.05) is 0 Å². The van der Waals surface area contributed by atoms with E-state index in [0.717, 1.165) is 0 Å². The molecule has 2 aromatic rings. The fourth-order valence-electron chi connectivity index (χ4n) is 2.48. The zero-order chi connectivity index (χ0) is 17.8. The van der Waals surface area contributed by atoms with Crippen LogP contribution in [0.5, 0.6) is 5.75 Å². The van der Waals surface area contributed by atoms with Gasteiger partial charge < -0.3 is 15.0 Å². The Morgan fingerprint density at radius 2 is 2.20 bits per heavy atom. The molecule has 130 valence electrons. The van der Waals surface area contributed by atoms with Crippen molar-refractivity contribution in [2.45, 2.75) is 6.54 Å². The Labute approximate surface area is 152 Å². The number of benzene rings is 1. The van der Waals surface area contributed by atoms with Crippen LogP contribution in [-0.4, -0.2) is 41.4 Å². The van der Waals surface area contributed by atoms with Crippen molar-refractivity contribution < 1.29 is 18.7 Å². The van der Waals surface area contributed by atoms with Crippen molar-refractivity contribution in [1.29, 1.82) is 0 Å². The zero-order valence-electron chi connectivity index (χ0n) is 13.2. The number of pyridine rings is 1. The monoisotopic (exact) mass is 407 g/mol. The van der Waals surface area contributed by atoms with Crippen LogP contribution in [0.3, 0.4) is 0 Å². The third-order valence-corrected chi connectivity index (χ3v) is 4.16. The SMILES string of the molecule is O=C(NCCN1Cc2cc(F)ccc2OCC1=O)c1cncc(Br)c1. The van der Waals surface area contributed by atoms with Gasteiger partial charge in [0.1, 0.15) is 11.6 Å². The average molecular weight is 408 g/mol. The molecule has 0 atom stereocenters. The molecule has 1 aromatic carbocycles. The largest absolute Gasteiger partial charge is 0.483 e. The highest BCUT2D eigenvalue weighted by Crippen LogP contribution is 2.24. The number of halogens is 2. The second-order valence-electron chi connectivity index (χ2n) is 5.50. The average Bonchev–Trinajstić information content (AvgIpc) is 2.74. The molecule has 0 unspecified atom stereocenters. The van der Waals surface area contributed by atoms with Gasteiger partial charge in [0.05, 0.1) is 5.56 Å². The van der Waals surface area contributed by atoms with Crippen LogP contribution in [-0.2, 0) is 11.3 Å². The number of fused-ring (bicyclic) bond motifs is 1. The Morgan fingerprint density at radius 3 is 3.00 bits per heavy atom. The molecular weight excluding hydrogens is 393 g/mol. The second kappa shape index (κ2) is 7.60. The number of aromatic nitrogens is 1. The number of rotatable bonds is 4. The van der Waals surface area contributed by atoms with Gasteiger partial charge in [-0.05, 0) is 40.2 Å². The zero-order valence-corrected chi connectivity index (χ0v) is 14.8. The molecule has 1 aliphatic heterocycles. The number of hydrogen-bond acceptors (Lipinski definition) is 4. The highest BCUT2D eigenvalue weighted by atomic mass is 79.9. The van der Waals surface area contributed by atoms with Crippen LogP contribution >= 0.6 is 15.9 Å². The Bertz CT molecular complexity index is 815. The van der Waals surface area contributed by atoms with Crippen LogP contribution in [0.25, 0.3) is 0 Å². The number of ether oxygens (including phenoxy) is 1. The summed E-state index contributed by atoms with van der Waals surface area (Å²) >= 11 is 3.26. The summed E-state index contributed by atoms with van der Waals surface area (Å²) in [6.07, 6.45) is 3.05. The molecule has 6 nitrogen and oxygen atoms in total. The van der Waals surface area contributed by atoms with Crippen molar-refractivity contribution in [3.63, 3.8) is 0 Å². The summed E-state index contributed by atoms with van der Waals surface area (Å²) in [5.74, 6) is -0.373. The molecule has 0 spiro atoms. The molecule has 0 bridgehead atoms. The molecule has 2 amide bonds. The first kappa shape index (κ1) is 17.3. The Kier molecular flexibility index (Phi) is 5.28. The van der Waals surface area contributed by atoms with Crippen molar-refractivity contribution in [2.75, 3.05) is 19.7 Å². The van der Waals surface area contributed by atoms with Crippen LogP contribution < -0.4 is 10.1 Å². The lowest BCUT2D eigenvalue weighted by Gasteiger charge is -2.20. The standard InChI is InChI=1S/C17H15BrFN3O3/c18-13-5-11(7-20-8-13)17(24)21-3-4-22-9-12-6-14(19)1-2-15(12)25-10-16(22)23/h1-2,5-8H,3-4,9-10H2,(H,21,24). The number of amides is 2. The molecule has 1 aromatic heterocycles. The predicted molar refractivity (Wildman–Crippen MR) is 91.6 cm³/mol. The molecule has 2 heterocycles. The van der Waals surface area contributed by atoms with Gasteiger partial charge in [-0.3, -0.25) is 14.6 Å². The van der Waals surface area contributed by atoms with Crippen molar-refractivity contribution >= 4 is 27.7 Å². The molecule has 8 heteroatoms. The van der Waals surface area contributed by atoms with E-state index >= 15 is 0 Å². The topological polar surface area (TPSA) is 71.5 Å². The minimum atomic E-state index is -0.382. The number of carbonyl (C=O) groups excluding carboxylic acids is 2. The first-order valence-electron chi connectivity index (χ1n) is 7.60. The lowest BCUT2D eigenvalue weighted by molar-refractivity contribution is -0.133. The van der Waals surface area contributed by atoms with Gasteiger partial charge in [0.15, 0.2) is 6.61 Å². The quantitative estimate of drug-likeness (QED) is 0.842. The van der Waals surface area contributed by atoms with Gasteiger partial charge in [0, 0.05) is 42.1 Å². The molecule has 0 saturated carbocycles. The van der Waals surface area contributed by atoms with Gasteiger partial charge in [-0.2, -0.15) is 0 Å².